The molecule has 0 amide bonds. The Hall–Kier alpha value is -3.40. The van der Waals surface area contributed by atoms with Crippen LogP contribution in [-0.2, 0) is 57.1 Å². The van der Waals surface area contributed by atoms with Gasteiger partial charge in [0.15, 0.2) is 23.1 Å². The maximum atomic E-state index is 14.3. The Labute approximate surface area is 418 Å². The molecule has 0 aliphatic carbocycles. The van der Waals surface area contributed by atoms with Crippen molar-refractivity contribution in [2.24, 2.45) is 0 Å². The fourth-order valence-corrected chi connectivity index (χ4v) is 7.32. The highest BCUT2D eigenvalue weighted by atomic mass is 32.2. The number of rotatable bonds is 35. The van der Waals surface area contributed by atoms with Crippen LogP contribution in [0.2, 0.25) is 0 Å². The Bertz CT molecular complexity index is 1740. The molecule has 4 unspecified atom stereocenters. The summed E-state index contributed by atoms with van der Waals surface area (Å²) in [4.78, 5) is 46.5. The fourth-order valence-electron chi connectivity index (χ4n) is 5.01. The number of esters is 4. The number of hydrogen-bond donors (Lipinski definition) is 0. The van der Waals surface area contributed by atoms with Crippen molar-refractivity contribution in [3.8, 4) is 0 Å². The van der Waals surface area contributed by atoms with Gasteiger partial charge in [-0.25, -0.2) is 0 Å². The first-order valence-electron chi connectivity index (χ1n) is 20.0. The molecule has 0 aromatic heterocycles. The van der Waals surface area contributed by atoms with Crippen molar-refractivity contribution in [1.29, 1.82) is 0 Å². The highest BCUT2D eigenvalue weighted by Crippen LogP contribution is 2.62. The molecule has 0 aromatic carbocycles. The van der Waals surface area contributed by atoms with E-state index in [0.717, 1.165) is 0 Å². The van der Waals surface area contributed by atoms with Gasteiger partial charge in [0.2, 0.25) is 0 Å². The second-order valence-corrected chi connectivity index (χ2v) is 17.3. The molecule has 450 valence electrons. The molecule has 0 saturated heterocycles. The quantitative estimate of drug-likeness (QED) is 0.0195. The molecule has 0 aliphatic heterocycles. The average Bonchev–Trinajstić information content (AvgIpc) is 3.23. The molecule has 0 saturated carbocycles. The molecular weight excluding hydrogens is 1180 g/mol. The van der Waals surface area contributed by atoms with Crippen molar-refractivity contribution < 1.29 is 171 Å². The van der Waals surface area contributed by atoms with Gasteiger partial charge in [0, 0.05) is 52.0 Å². The van der Waals surface area contributed by atoms with Gasteiger partial charge in [0.1, 0.15) is 0 Å². The second-order valence-electron chi connectivity index (χ2n) is 14.9. The largest absolute Gasteiger partial charge is 0.460 e. The summed E-state index contributed by atoms with van der Waals surface area (Å²) in [5.74, 6) is -84.9. The van der Waals surface area contributed by atoms with E-state index in [-0.39, 0.29) is 36.7 Å². The topological polar surface area (TPSA) is 142 Å². The molecule has 0 fully saturated rings. The zero-order chi connectivity index (χ0) is 60.2. The highest BCUT2D eigenvalue weighted by molar-refractivity contribution is 8.00. The number of carbonyl (C=O) groups is 4. The van der Waals surface area contributed by atoms with Crippen LogP contribution in [0.4, 0.5) is 114 Å². The third-order valence-corrected chi connectivity index (χ3v) is 11.2. The molecule has 76 heavy (non-hydrogen) atoms. The lowest BCUT2D eigenvalue weighted by Crippen LogP contribution is -2.70. The van der Waals surface area contributed by atoms with Crippen molar-refractivity contribution in [1.82, 2.24) is 0 Å². The van der Waals surface area contributed by atoms with Crippen molar-refractivity contribution in [3.63, 3.8) is 0 Å². The van der Waals surface area contributed by atoms with Gasteiger partial charge in [-0.05, 0) is 0 Å². The predicted octanol–water partition coefficient (Wildman–Crippen LogP) is 10.4. The Kier molecular flexibility index (Phi) is 26.0. The smallest absolute Gasteiger partial charge is 0.455 e. The van der Waals surface area contributed by atoms with E-state index in [2.05, 4.69) is 0 Å². The Morgan fingerprint density at radius 2 is 0.553 bits per heavy atom. The number of ether oxygens (including phenoxy) is 8. The van der Waals surface area contributed by atoms with Crippen molar-refractivity contribution in [3.05, 3.63) is 0 Å². The van der Waals surface area contributed by atoms with Crippen LogP contribution in [0.3, 0.4) is 0 Å². The van der Waals surface area contributed by atoms with E-state index >= 15 is 0 Å². The molecule has 0 spiro atoms. The molecule has 12 nitrogen and oxygen atoms in total. The lowest BCUT2D eigenvalue weighted by Gasteiger charge is -2.39. The first-order valence-corrected chi connectivity index (χ1v) is 22.1. The van der Waals surface area contributed by atoms with E-state index in [9.17, 15) is 133 Å². The van der Waals surface area contributed by atoms with Crippen LogP contribution in [0.15, 0.2) is 0 Å². The van der Waals surface area contributed by atoms with Crippen molar-refractivity contribution in [2.75, 3.05) is 64.4 Å². The Balaban J connectivity index is 5.42. The summed E-state index contributed by atoms with van der Waals surface area (Å²) in [7, 11) is 0. The Morgan fingerprint density at radius 3 is 0.776 bits per heavy atom. The maximum absolute atomic E-state index is 14.3. The number of alkyl halides is 26. The summed E-state index contributed by atoms with van der Waals surface area (Å²) in [6.45, 7) is -1.57. The van der Waals surface area contributed by atoms with E-state index in [1.807, 2.05) is 0 Å². The van der Waals surface area contributed by atoms with Crippen molar-refractivity contribution in [2.45, 2.75) is 135 Å². The molecular formula is C36H40F26O12S2. The fraction of sp³-hybridized carbons (Fsp3) is 0.889. The van der Waals surface area contributed by atoms with E-state index in [1.165, 1.54) is 0 Å². The van der Waals surface area contributed by atoms with Gasteiger partial charge in [0.05, 0.1) is 52.9 Å². The van der Waals surface area contributed by atoms with Gasteiger partial charge in [-0.1, -0.05) is 0 Å². The van der Waals surface area contributed by atoms with Crippen LogP contribution in [0.25, 0.3) is 0 Å². The Morgan fingerprint density at radius 1 is 0.329 bits per heavy atom. The normalized spacial score (nSPS) is 15.9. The van der Waals surface area contributed by atoms with Crippen LogP contribution >= 0.6 is 23.5 Å². The van der Waals surface area contributed by atoms with Crippen LogP contribution in [0.5, 0.6) is 0 Å². The maximum Gasteiger partial charge on any atom is 0.460 e. The molecule has 0 aromatic rings. The summed E-state index contributed by atoms with van der Waals surface area (Å²) < 4.78 is 390. The van der Waals surface area contributed by atoms with Gasteiger partial charge in [-0.3, -0.25) is 19.2 Å². The van der Waals surface area contributed by atoms with E-state index < -0.39 is 183 Å². The number of thioether (sulfide) groups is 2. The first-order chi connectivity index (χ1) is 33.9. The number of halogens is 26. The summed E-state index contributed by atoms with van der Waals surface area (Å²) in [6, 6.07) is 0. The van der Waals surface area contributed by atoms with E-state index in [0.29, 0.717) is 27.7 Å². The standard InChI is InChI=1S/C36H40F26O12S2/c1-17(63)71-21(23(73-19(3)65)75-13-5-25(37,38)27(41,42)29(45,46)31(49,50)33(53,54)35(57,58)59)15-69-11-9-67-7-8-68-10-12-70-16-22(72-18(2)64)24(74-20(4)66)76-14-6-26(39,40)28(43,44)30(47,48)32(51,52)34(55,56)36(60,61)62/h21-24H,5-16H2,1-4H3. The first kappa shape index (κ1) is 72.6. The zero-order valence-corrected chi connectivity index (χ0v) is 40.0. The monoisotopic (exact) mass is 1220 g/mol. The molecule has 0 rings (SSSR count). The minimum absolute atomic E-state index is 0.237. The molecule has 0 N–H and O–H groups in total. The summed E-state index contributed by atoms with van der Waals surface area (Å²) >= 11 is -0.475. The molecule has 40 heteroatoms. The minimum Gasteiger partial charge on any atom is -0.455 e. The number of carbonyl (C=O) groups excluding carboxylic acids is 4. The van der Waals surface area contributed by atoms with Gasteiger partial charge < -0.3 is 37.9 Å². The average molecular weight is 1220 g/mol. The molecule has 0 heterocycles. The molecule has 4 atom stereocenters. The summed E-state index contributed by atoms with van der Waals surface area (Å²) in [5.41, 5.74) is -4.16. The zero-order valence-electron chi connectivity index (χ0n) is 38.3. The summed E-state index contributed by atoms with van der Waals surface area (Å²) in [5, 5.41) is 0. The third-order valence-electron chi connectivity index (χ3n) is 8.88. The van der Waals surface area contributed by atoms with Crippen molar-refractivity contribution >= 4 is 47.4 Å². The highest BCUT2D eigenvalue weighted by Gasteiger charge is 2.92. The van der Waals surface area contributed by atoms with E-state index in [1.54, 1.807) is 0 Å². The predicted molar refractivity (Wildman–Crippen MR) is 201 cm³/mol. The van der Waals surface area contributed by atoms with Crippen LogP contribution < -0.4 is 0 Å². The van der Waals surface area contributed by atoms with Crippen LogP contribution in [-0.4, -0.2) is 183 Å². The lowest BCUT2D eigenvalue weighted by atomic mass is 9.93. The second kappa shape index (κ2) is 27.2. The lowest BCUT2D eigenvalue weighted by molar-refractivity contribution is -0.439. The van der Waals surface area contributed by atoms with Crippen LogP contribution in [0, 0.1) is 0 Å². The van der Waals surface area contributed by atoms with Gasteiger partial charge in [0.25, 0.3) is 0 Å². The number of hydrogen-bond acceptors (Lipinski definition) is 14. The molecule has 0 bridgehead atoms. The molecule has 0 aliphatic rings. The summed E-state index contributed by atoms with van der Waals surface area (Å²) in [6.07, 6.45) is -24.4. The van der Waals surface area contributed by atoms with Crippen LogP contribution in [0.1, 0.15) is 40.5 Å². The van der Waals surface area contributed by atoms with Gasteiger partial charge in [-0.15, -0.1) is 23.5 Å². The van der Waals surface area contributed by atoms with E-state index in [4.69, 9.17) is 37.9 Å². The minimum atomic E-state index is -8.14. The van der Waals surface area contributed by atoms with Gasteiger partial charge >= 0.3 is 95.5 Å². The SMILES string of the molecule is CC(=O)OC(COCCOCCOCCOCC(OC(C)=O)C(OC(C)=O)SCCC(F)(F)C(F)(F)C(F)(F)C(F)(F)C(F)(F)C(F)(F)F)C(OC(C)=O)SCCC(F)(F)C(F)(F)C(F)(F)C(F)(F)C(F)(F)C(F)(F)F. The molecule has 0 radical (unpaired) electrons. The third kappa shape index (κ3) is 17.5. The van der Waals surface area contributed by atoms with Gasteiger partial charge in [-0.2, -0.15) is 114 Å².